The summed E-state index contributed by atoms with van der Waals surface area (Å²) in [6.45, 7) is 1.90. The number of hydrogen-bond donors (Lipinski definition) is 1. The molecule has 0 aliphatic heterocycles. The Balaban J connectivity index is 2.39. The van der Waals surface area contributed by atoms with Gasteiger partial charge in [0.05, 0.1) is 0 Å². The summed E-state index contributed by atoms with van der Waals surface area (Å²) in [6.07, 6.45) is -0.703. The second-order valence-corrected chi connectivity index (χ2v) is 4.49. The fourth-order valence-corrected chi connectivity index (χ4v) is 2.11. The molecule has 94 valence electrons. The number of rotatable bonds is 4. The van der Waals surface area contributed by atoms with Crippen LogP contribution in [0.2, 0.25) is 0 Å². The lowest BCUT2D eigenvalue weighted by molar-refractivity contribution is -0.0983. The summed E-state index contributed by atoms with van der Waals surface area (Å²) in [4.78, 5) is 0. The third kappa shape index (κ3) is 2.30. The highest BCUT2D eigenvalue weighted by Crippen LogP contribution is 2.37. The molecule has 0 unspecified atom stereocenters. The van der Waals surface area contributed by atoms with Crippen molar-refractivity contribution in [2.24, 2.45) is 0 Å². The zero-order valence-electron chi connectivity index (χ0n) is 10.7. The Bertz CT molecular complexity index is 481. The number of ether oxygens (including phenoxy) is 1. The van der Waals surface area contributed by atoms with Crippen LogP contribution in [0.3, 0.4) is 0 Å². The van der Waals surface area contributed by atoms with Crippen LogP contribution >= 0.6 is 0 Å². The van der Waals surface area contributed by atoms with E-state index in [4.69, 9.17) is 4.74 Å². The maximum Gasteiger partial charge on any atom is 0.120 e. The Morgan fingerprint density at radius 2 is 1.44 bits per heavy atom. The van der Waals surface area contributed by atoms with Gasteiger partial charge in [0.15, 0.2) is 0 Å². The van der Waals surface area contributed by atoms with Crippen LogP contribution in [0.1, 0.15) is 24.2 Å². The summed E-state index contributed by atoms with van der Waals surface area (Å²) < 4.78 is 5.59. The fourth-order valence-electron chi connectivity index (χ4n) is 2.11. The number of aliphatic hydroxyl groups is 1. The van der Waals surface area contributed by atoms with Gasteiger partial charge in [-0.15, -0.1) is 0 Å². The van der Waals surface area contributed by atoms with Gasteiger partial charge in [-0.2, -0.15) is 0 Å². The molecule has 0 aromatic heterocycles. The summed E-state index contributed by atoms with van der Waals surface area (Å²) in [5.41, 5.74) is 1.07. The van der Waals surface area contributed by atoms with Crippen molar-refractivity contribution in [3.63, 3.8) is 0 Å². The third-order valence-corrected chi connectivity index (χ3v) is 3.41. The van der Waals surface area contributed by atoms with Gasteiger partial charge in [-0.3, -0.25) is 0 Å². The minimum atomic E-state index is -0.747. The van der Waals surface area contributed by atoms with Crippen molar-refractivity contribution in [1.82, 2.24) is 0 Å². The second kappa shape index (κ2) is 5.34. The molecule has 0 amide bonds. The van der Waals surface area contributed by atoms with E-state index in [1.165, 1.54) is 0 Å². The monoisotopic (exact) mass is 242 g/mol. The van der Waals surface area contributed by atoms with Crippen LogP contribution in [0, 0.1) is 0 Å². The zero-order chi connectivity index (χ0) is 13.0. The average Bonchev–Trinajstić information content (AvgIpc) is 2.47. The second-order valence-electron chi connectivity index (χ2n) is 4.49. The van der Waals surface area contributed by atoms with E-state index in [2.05, 4.69) is 0 Å². The molecule has 2 aromatic rings. The molecule has 2 aromatic carbocycles. The molecule has 0 aliphatic carbocycles. The molecule has 0 bridgehead atoms. The average molecular weight is 242 g/mol. The van der Waals surface area contributed by atoms with Crippen LogP contribution in [0.5, 0.6) is 0 Å². The van der Waals surface area contributed by atoms with Crippen LogP contribution < -0.4 is 0 Å². The maximum absolute atomic E-state index is 10.6. The molecule has 2 nitrogen and oxygen atoms in total. The van der Waals surface area contributed by atoms with Crippen LogP contribution in [-0.4, -0.2) is 12.2 Å². The van der Waals surface area contributed by atoms with Gasteiger partial charge in [-0.05, 0) is 18.1 Å². The highest BCUT2D eigenvalue weighted by atomic mass is 16.5. The van der Waals surface area contributed by atoms with E-state index in [1.54, 1.807) is 7.11 Å². The maximum atomic E-state index is 10.6. The number of methoxy groups -OCH3 is 1. The number of benzene rings is 2. The van der Waals surface area contributed by atoms with E-state index in [0.717, 1.165) is 11.1 Å². The molecule has 0 saturated carbocycles. The molecule has 0 heterocycles. The molecule has 0 fully saturated rings. The topological polar surface area (TPSA) is 29.5 Å². The van der Waals surface area contributed by atoms with E-state index in [9.17, 15) is 5.11 Å². The van der Waals surface area contributed by atoms with E-state index >= 15 is 0 Å². The summed E-state index contributed by atoms with van der Waals surface area (Å²) >= 11 is 0. The van der Waals surface area contributed by atoms with Crippen LogP contribution in [0.4, 0.5) is 0 Å². The van der Waals surface area contributed by atoms with Crippen molar-refractivity contribution >= 4 is 0 Å². The number of aliphatic hydroxyl groups excluding tert-OH is 1. The lowest BCUT2D eigenvalue weighted by Crippen LogP contribution is -2.32. The smallest absolute Gasteiger partial charge is 0.120 e. The van der Waals surface area contributed by atoms with Crippen LogP contribution in [-0.2, 0) is 10.3 Å². The van der Waals surface area contributed by atoms with Gasteiger partial charge in [-0.1, -0.05) is 60.7 Å². The highest BCUT2D eigenvalue weighted by molar-refractivity contribution is 5.28. The minimum Gasteiger partial charge on any atom is -0.385 e. The Kier molecular flexibility index (Phi) is 3.80. The third-order valence-electron chi connectivity index (χ3n) is 3.41. The largest absolute Gasteiger partial charge is 0.385 e. The molecule has 0 spiro atoms. The number of hydrogen-bond acceptors (Lipinski definition) is 2. The van der Waals surface area contributed by atoms with Gasteiger partial charge < -0.3 is 9.84 Å². The normalized spacial score (nSPS) is 15.9. The summed E-state index contributed by atoms with van der Waals surface area (Å²) in [7, 11) is 1.62. The highest BCUT2D eigenvalue weighted by Gasteiger charge is 2.35. The molecular formula is C16H18O2. The predicted molar refractivity (Wildman–Crippen MR) is 72.2 cm³/mol. The van der Waals surface area contributed by atoms with Crippen molar-refractivity contribution in [3.05, 3.63) is 71.8 Å². The van der Waals surface area contributed by atoms with Crippen molar-refractivity contribution in [3.8, 4) is 0 Å². The molecule has 0 saturated heterocycles. The minimum absolute atomic E-state index is 0.703. The standard InChI is InChI=1S/C16H18O2/c1-16(18-2,14-11-7-4-8-12-14)15(17)13-9-5-3-6-10-13/h3-12,15,17H,1-2H3/t15-,16+/m0/s1. The molecule has 1 N–H and O–H groups in total. The Hall–Kier alpha value is -1.64. The summed E-state index contributed by atoms with van der Waals surface area (Å²) in [5.74, 6) is 0. The van der Waals surface area contributed by atoms with Gasteiger partial charge in [0.25, 0.3) is 0 Å². The predicted octanol–water partition coefficient (Wildman–Crippen LogP) is 3.28. The van der Waals surface area contributed by atoms with E-state index < -0.39 is 11.7 Å². The van der Waals surface area contributed by atoms with Gasteiger partial charge >= 0.3 is 0 Å². The van der Waals surface area contributed by atoms with Gasteiger partial charge in [0, 0.05) is 7.11 Å². The van der Waals surface area contributed by atoms with Crippen molar-refractivity contribution < 1.29 is 9.84 Å². The summed E-state index contributed by atoms with van der Waals surface area (Å²) in [6, 6.07) is 19.4. The van der Waals surface area contributed by atoms with Gasteiger partial charge in [0.1, 0.15) is 11.7 Å². The SMILES string of the molecule is CO[C@](C)(c1ccccc1)[C@@H](O)c1ccccc1. The molecule has 0 radical (unpaired) electrons. The first-order valence-corrected chi connectivity index (χ1v) is 6.02. The Morgan fingerprint density at radius 3 is 1.94 bits per heavy atom. The fraction of sp³-hybridized carbons (Fsp3) is 0.250. The van der Waals surface area contributed by atoms with E-state index in [1.807, 2.05) is 67.6 Å². The quantitative estimate of drug-likeness (QED) is 0.891. The Labute approximate surface area is 108 Å². The van der Waals surface area contributed by atoms with Gasteiger partial charge in [-0.25, -0.2) is 0 Å². The molecule has 2 atom stereocenters. The first-order valence-electron chi connectivity index (χ1n) is 6.02. The molecule has 2 rings (SSSR count). The van der Waals surface area contributed by atoms with Crippen LogP contribution in [0.25, 0.3) is 0 Å². The van der Waals surface area contributed by atoms with Gasteiger partial charge in [0.2, 0.25) is 0 Å². The lowest BCUT2D eigenvalue weighted by atomic mass is 9.86. The van der Waals surface area contributed by atoms with E-state index in [0.29, 0.717) is 0 Å². The summed E-state index contributed by atoms with van der Waals surface area (Å²) in [5, 5.41) is 10.6. The molecular weight excluding hydrogens is 224 g/mol. The van der Waals surface area contributed by atoms with E-state index in [-0.39, 0.29) is 0 Å². The molecule has 2 heteroatoms. The van der Waals surface area contributed by atoms with Crippen molar-refractivity contribution in [1.29, 1.82) is 0 Å². The molecule has 0 aliphatic rings. The Morgan fingerprint density at radius 1 is 0.944 bits per heavy atom. The van der Waals surface area contributed by atoms with Crippen LogP contribution in [0.15, 0.2) is 60.7 Å². The first kappa shape index (κ1) is 12.8. The van der Waals surface area contributed by atoms with Crippen molar-refractivity contribution in [2.45, 2.75) is 18.6 Å². The zero-order valence-corrected chi connectivity index (χ0v) is 10.7. The van der Waals surface area contributed by atoms with Crippen molar-refractivity contribution in [2.75, 3.05) is 7.11 Å². The molecule has 18 heavy (non-hydrogen) atoms. The first-order chi connectivity index (χ1) is 8.68. The lowest BCUT2D eigenvalue weighted by Gasteiger charge is -2.34.